The molecule has 98 valence electrons. The minimum absolute atomic E-state index is 0.705. The Kier molecular flexibility index (Phi) is 3.14. The van der Waals surface area contributed by atoms with Crippen molar-refractivity contribution in [1.29, 1.82) is 5.26 Å². The Bertz CT molecular complexity index is 776. The third-order valence-corrected chi connectivity index (χ3v) is 3.37. The van der Waals surface area contributed by atoms with Crippen molar-refractivity contribution in [3.05, 3.63) is 54.1 Å². The lowest BCUT2D eigenvalue weighted by molar-refractivity contribution is 1.21. The topological polar surface area (TPSA) is 51.6 Å². The Morgan fingerprint density at radius 2 is 1.85 bits per heavy atom. The molecule has 0 saturated heterocycles. The van der Waals surface area contributed by atoms with Crippen LogP contribution in [0.3, 0.4) is 0 Å². The molecule has 0 atom stereocenters. The normalized spacial score (nSPS) is 10.4. The van der Waals surface area contributed by atoms with Gasteiger partial charge >= 0.3 is 0 Å². The zero-order chi connectivity index (χ0) is 13.9. The molecule has 1 aromatic heterocycles. The van der Waals surface area contributed by atoms with E-state index in [0.29, 0.717) is 5.56 Å². The Morgan fingerprint density at radius 3 is 2.55 bits per heavy atom. The molecular formula is C17H15N3. The maximum atomic E-state index is 9.42. The van der Waals surface area contributed by atoms with Crippen LogP contribution in [0, 0.1) is 11.3 Å². The van der Waals surface area contributed by atoms with Crippen LogP contribution in [0.25, 0.3) is 22.2 Å². The molecule has 0 bridgehead atoms. The van der Waals surface area contributed by atoms with Gasteiger partial charge in [-0.25, -0.2) is 0 Å². The molecule has 0 spiro atoms. The second-order valence-corrected chi connectivity index (χ2v) is 4.64. The molecule has 3 rings (SSSR count). The van der Waals surface area contributed by atoms with Gasteiger partial charge in [0.25, 0.3) is 0 Å². The van der Waals surface area contributed by atoms with Crippen LogP contribution in [-0.2, 0) is 0 Å². The molecule has 0 aliphatic carbocycles. The number of aromatic nitrogens is 1. The van der Waals surface area contributed by atoms with Gasteiger partial charge < -0.3 is 10.3 Å². The molecular weight excluding hydrogens is 246 g/mol. The summed E-state index contributed by atoms with van der Waals surface area (Å²) in [5.41, 5.74) is 4.70. The van der Waals surface area contributed by atoms with Gasteiger partial charge in [0.2, 0.25) is 0 Å². The smallest absolute Gasteiger partial charge is 0.102 e. The molecule has 0 aliphatic heterocycles. The van der Waals surface area contributed by atoms with Crippen LogP contribution >= 0.6 is 0 Å². The fraction of sp³-hybridized carbons (Fsp3) is 0.118. The summed E-state index contributed by atoms with van der Waals surface area (Å²) in [5.74, 6) is 0. The molecule has 0 amide bonds. The number of nitriles is 1. The van der Waals surface area contributed by atoms with Crippen LogP contribution in [0.5, 0.6) is 0 Å². The van der Waals surface area contributed by atoms with E-state index in [1.165, 1.54) is 0 Å². The monoisotopic (exact) mass is 261 g/mol. The Labute approximate surface area is 117 Å². The first-order chi connectivity index (χ1) is 9.83. The van der Waals surface area contributed by atoms with Crippen LogP contribution in [0.2, 0.25) is 0 Å². The molecule has 1 heterocycles. The molecule has 3 aromatic rings. The number of aromatic amines is 1. The summed E-state index contributed by atoms with van der Waals surface area (Å²) < 4.78 is 0. The molecule has 3 nitrogen and oxygen atoms in total. The number of para-hydroxylation sites is 1. The maximum absolute atomic E-state index is 9.42. The van der Waals surface area contributed by atoms with Gasteiger partial charge in [0, 0.05) is 23.1 Å². The van der Waals surface area contributed by atoms with Crippen LogP contribution < -0.4 is 5.32 Å². The molecule has 0 radical (unpaired) electrons. The summed E-state index contributed by atoms with van der Waals surface area (Å²) >= 11 is 0. The first kappa shape index (κ1) is 12.3. The molecule has 0 aliphatic rings. The average molecular weight is 261 g/mol. The number of H-pyrrole nitrogens is 1. The average Bonchev–Trinajstić information content (AvgIpc) is 2.87. The van der Waals surface area contributed by atoms with Crippen molar-refractivity contribution >= 4 is 16.6 Å². The second-order valence-electron chi connectivity index (χ2n) is 4.64. The van der Waals surface area contributed by atoms with Crippen LogP contribution in [0.1, 0.15) is 12.5 Å². The van der Waals surface area contributed by atoms with Gasteiger partial charge in [0.15, 0.2) is 0 Å². The summed E-state index contributed by atoms with van der Waals surface area (Å²) in [4.78, 5) is 3.34. The third kappa shape index (κ3) is 2.02. The zero-order valence-corrected chi connectivity index (χ0v) is 11.3. The van der Waals surface area contributed by atoms with E-state index in [1.54, 1.807) is 0 Å². The first-order valence-corrected chi connectivity index (χ1v) is 6.68. The highest BCUT2D eigenvalue weighted by atomic mass is 14.8. The first-order valence-electron chi connectivity index (χ1n) is 6.68. The number of hydrogen-bond acceptors (Lipinski definition) is 2. The lowest BCUT2D eigenvalue weighted by Gasteiger charge is -2.04. The molecule has 2 aromatic carbocycles. The molecule has 0 unspecified atom stereocenters. The van der Waals surface area contributed by atoms with E-state index in [-0.39, 0.29) is 0 Å². The standard InChI is InChI=1S/C17H15N3/c1-2-19-13-9-7-12(8-10-13)17-15(11-18)14-5-3-4-6-16(14)20-17/h3-10,19-20H,2H2,1H3. The lowest BCUT2D eigenvalue weighted by atomic mass is 10.1. The molecule has 2 N–H and O–H groups in total. The van der Waals surface area contributed by atoms with E-state index in [2.05, 4.69) is 23.3 Å². The van der Waals surface area contributed by atoms with E-state index in [4.69, 9.17) is 0 Å². The highest BCUT2D eigenvalue weighted by Gasteiger charge is 2.12. The van der Waals surface area contributed by atoms with E-state index in [1.807, 2.05) is 48.5 Å². The molecule has 20 heavy (non-hydrogen) atoms. The van der Waals surface area contributed by atoms with E-state index >= 15 is 0 Å². The second kappa shape index (κ2) is 5.10. The van der Waals surface area contributed by atoms with Crippen LogP contribution in [0.15, 0.2) is 48.5 Å². The molecule has 0 saturated carbocycles. The third-order valence-electron chi connectivity index (χ3n) is 3.37. The SMILES string of the molecule is CCNc1ccc(-c2[nH]c3ccccc3c2C#N)cc1. The zero-order valence-electron chi connectivity index (χ0n) is 11.3. The highest BCUT2D eigenvalue weighted by molar-refractivity contribution is 5.93. The summed E-state index contributed by atoms with van der Waals surface area (Å²) in [6.07, 6.45) is 0. The van der Waals surface area contributed by atoms with Gasteiger partial charge in [-0.2, -0.15) is 5.26 Å². The van der Waals surface area contributed by atoms with Crippen LogP contribution in [-0.4, -0.2) is 11.5 Å². The van der Waals surface area contributed by atoms with Crippen molar-refractivity contribution in [2.24, 2.45) is 0 Å². The van der Waals surface area contributed by atoms with Crippen molar-refractivity contribution in [3.8, 4) is 17.3 Å². The minimum Gasteiger partial charge on any atom is -0.385 e. The number of rotatable bonds is 3. The summed E-state index contributed by atoms with van der Waals surface area (Å²) in [6.45, 7) is 2.97. The number of benzene rings is 2. The predicted octanol–water partition coefficient (Wildman–Crippen LogP) is 4.14. The van der Waals surface area contributed by atoms with Crippen molar-refractivity contribution in [1.82, 2.24) is 4.98 Å². The van der Waals surface area contributed by atoms with Gasteiger partial charge in [-0.3, -0.25) is 0 Å². The highest BCUT2D eigenvalue weighted by Crippen LogP contribution is 2.30. The van der Waals surface area contributed by atoms with Gasteiger partial charge in [0.05, 0.1) is 11.3 Å². The number of fused-ring (bicyclic) bond motifs is 1. The Balaban J connectivity index is 2.12. The van der Waals surface area contributed by atoms with Crippen LogP contribution in [0.4, 0.5) is 5.69 Å². The number of nitrogens with zero attached hydrogens (tertiary/aromatic N) is 1. The van der Waals surface area contributed by atoms with Gasteiger partial charge in [-0.15, -0.1) is 0 Å². The van der Waals surface area contributed by atoms with E-state index < -0.39 is 0 Å². The quantitative estimate of drug-likeness (QED) is 0.744. The number of anilines is 1. The van der Waals surface area contributed by atoms with E-state index in [9.17, 15) is 5.26 Å². The maximum Gasteiger partial charge on any atom is 0.102 e. The molecule has 0 fully saturated rings. The lowest BCUT2D eigenvalue weighted by Crippen LogP contribution is -1.95. The largest absolute Gasteiger partial charge is 0.385 e. The predicted molar refractivity (Wildman–Crippen MR) is 82.6 cm³/mol. The summed E-state index contributed by atoms with van der Waals surface area (Å²) in [7, 11) is 0. The number of nitrogens with one attached hydrogen (secondary N) is 2. The van der Waals surface area contributed by atoms with Crippen molar-refractivity contribution in [2.45, 2.75) is 6.92 Å². The Hall–Kier alpha value is -2.73. The summed E-state index contributed by atoms with van der Waals surface area (Å²) in [5, 5.41) is 13.7. The molecule has 3 heteroatoms. The van der Waals surface area contributed by atoms with Crippen molar-refractivity contribution < 1.29 is 0 Å². The van der Waals surface area contributed by atoms with Crippen molar-refractivity contribution in [3.63, 3.8) is 0 Å². The minimum atomic E-state index is 0.705. The fourth-order valence-electron chi connectivity index (χ4n) is 2.43. The number of hydrogen-bond donors (Lipinski definition) is 2. The van der Waals surface area contributed by atoms with Crippen molar-refractivity contribution in [2.75, 3.05) is 11.9 Å². The van der Waals surface area contributed by atoms with E-state index in [0.717, 1.165) is 34.4 Å². The Morgan fingerprint density at radius 1 is 1.10 bits per heavy atom. The van der Waals surface area contributed by atoms with Gasteiger partial charge in [0.1, 0.15) is 6.07 Å². The fourth-order valence-corrected chi connectivity index (χ4v) is 2.43. The summed E-state index contributed by atoms with van der Waals surface area (Å²) in [6, 6.07) is 18.3. The van der Waals surface area contributed by atoms with Gasteiger partial charge in [-0.05, 0) is 30.7 Å². The van der Waals surface area contributed by atoms with Gasteiger partial charge in [-0.1, -0.05) is 30.3 Å².